The lowest BCUT2D eigenvalue weighted by atomic mass is 10.2. The highest BCUT2D eigenvalue weighted by molar-refractivity contribution is 9.10. The van der Waals surface area contributed by atoms with E-state index >= 15 is 0 Å². The van der Waals surface area contributed by atoms with Crippen molar-refractivity contribution in [1.29, 1.82) is 0 Å². The molecule has 1 aliphatic carbocycles. The Kier molecular flexibility index (Phi) is 3.98. The summed E-state index contributed by atoms with van der Waals surface area (Å²) in [6, 6.07) is 22.8. The number of aromatic nitrogens is 2. The van der Waals surface area contributed by atoms with Crippen LogP contribution in [0.3, 0.4) is 0 Å². The van der Waals surface area contributed by atoms with Gasteiger partial charge in [0.2, 0.25) is 0 Å². The number of hydrogen-bond acceptors (Lipinski definition) is 3. The number of fused-ring (bicyclic) bond motifs is 4. The molecule has 1 amide bonds. The van der Waals surface area contributed by atoms with Gasteiger partial charge in [0.1, 0.15) is 5.69 Å². The fraction of sp³-hybridized carbons (Fsp3) is 0. The Morgan fingerprint density at radius 3 is 2.57 bits per heavy atom. The van der Waals surface area contributed by atoms with Gasteiger partial charge in [-0.25, -0.2) is 4.98 Å². The average molecular weight is 429 g/mol. The van der Waals surface area contributed by atoms with Crippen LogP contribution in [0.5, 0.6) is 0 Å². The van der Waals surface area contributed by atoms with Crippen molar-refractivity contribution in [1.82, 2.24) is 9.97 Å². The Bertz CT molecular complexity index is 1360. The van der Waals surface area contributed by atoms with Crippen LogP contribution in [0, 0.1) is 0 Å². The predicted octanol–water partition coefficient (Wildman–Crippen LogP) is 6.51. The molecule has 3 aromatic rings. The van der Waals surface area contributed by atoms with E-state index in [1.54, 1.807) is 18.2 Å². The van der Waals surface area contributed by atoms with E-state index in [0.29, 0.717) is 11.3 Å². The molecule has 3 aromatic carbocycles. The van der Waals surface area contributed by atoms with Gasteiger partial charge in [0, 0.05) is 20.8 Å². The molecule has 0 fully saturated rings. The molecule has 0 bridgehead atoms. The summed E-state index contributed by atoms with van der Waals surface area (Å²) >= 11 is 3.37. The molecule has 0 spiro atoms. The van der Waals surface area contributed by atoms with Crippen molar-refractivity contribution >= 4 is 49.3 Å². The number of azo groups is 1. The zero-order chi connectivity index (χ0) is 19.1. The highest BCUT2D eigenvalue weighted by Gasteiger charge is 2.20. The smallest absolute Gasteiger partial charge is 0.295 e. The monoisotopic (exact) mass is 428 g/mol. The summed E-state index contributed by atoms with van der Waals surface area (Å²) in [6.07, 6.45) is 0. The van der Waals surface area contributed by atoms with Crippen LogP contribution < -0.4 is 0 Å². The number of para-hydroxylation sites is 2. The summed E-state index contributed by atoms with van der Waals surface area (Å²) in [7, 11) is 0. The fourth-order valence-electron chi connectivity index (χ4n) is 3.32. The molecule has 2 aliphatic rings. The molecule has 6 heteroatoms. The molecule has 0 unspecified atom stereocenters. The SMILES string of the molecule is O=C(N=Nc1c2[nH]c3ccccc3nc-2c2ccccc12)c1cccc(Br)c1. The molecule has 1 heterocycles. The summed E-state index contributed by atoms with van der Waals surface area (Å²) < 4.78 is 0.821. The Morgan fingerprint density at radius 1 is 0.929 bits per heavy atom. The van der Waals surface area contributed by atoms with E-state index in [1.807, 2.05) is 54.6 Å². The molecular weight excluding hydrogens is 416 g/mol. The second-order valence-corrected chi connectivity index (χ2v) is 7.30. The van der Waals surface area contributed by atoms with Crippen LogP contribution in [0.4, 0.5) is 5.69 Å². The molecule has 5 nitrogen and oxygen atoms in total. The average Bonchev–Trinajstić information content (AvgIpc) is 3.03. The van der Waals surface area contributed by atoms with Gasteiger partial charge < -0.3 is 4.98 Å². The van der Waals surface area contributed by atoms with Gasteiger partial charge in [-0.05, 0) is 30.3 Å². The zero-order valence-corrected chi connectivity index (χ0v) is 16.1. The number of nitrogens with one attached hydrogen (secondary N) is 1. The highest BCUT2D eigenvalue weighted by Crippen LogP contribution is 2.43. The quantitative estimate of drug-likeness (QED) is 0.325. The second kappa shape index (κ2) is 6.65. The third kappa shape index (κ3) is 2.78. The Hall–Kier alpha value is -3.38. The van der Waals surface area contributed by atoms with Gasteiger partial charge in [0.25, 0.3) is 5.91 Å². The van der Waals surface area contributed by atoms with E-state index in [9.17, 15) is 4.79 Å². The van der Waals surface area contributed by atoms with Crippen LogP contribution in [0.25, 0.3) is 33.2 Å². The second-order valence-electron chi connectivity index (χ2n) is 6.39. The lowest BCUT2D eigenvalue weighted by molar-refractivity contribution is 0.0995. The first-order valence-corrected chi connectivity index (χ1v) is 9.51. The molecule has 0 radical (unpaired) electrons. The van der Waals surface area contributed by atoms with Crippen LogP contribution in [0.2, 0.25) is 0 Å². The van der Waals surface area contributed by atoms with Crippen molar-refractivity contribution in [2.24, 2.45) is 10.2 Å². The van der Waals surface area contributed by atoms with Gasteiger partial charge >= 0.3 is 0 Å². The number of aromatic amines is 1. The number of amides is 1. The number of carbonyl (C=O) groups excluding carboxylic acids is 1. The number of nitrogens with zero attached hydrogens (tertiary/aromatic N) is 3. The standard InChI is InChI=1S/C22H13BrN4O/c23-14-7-5-6-13(12-14)22(28)27-26-20-16-9-2-1-8-15(16)19-21(20)25-18-11-4-3-10-17(18)24-19/h1-12,25H. The Labute approximate surface area is 168 Å². The van der Waals surface area contributed by atoms with Crippen molar-refractivity contribution in [2.75, 3.05) is 0 Å². The topological polar surface area (TPSA) is 70.5 Å². The van der Waals surface area contributed by atoms with Gasteiger partial charge in [-0.15, -0.1) is 10.2 Å². The third-order valence-corrected chi connectivity index (χ3v) is 5.11. The minimum absolute atomic E-state index is 0.395. The molecule has 0 saturated carbocycles. The maximum atomic E-state index is 12.5. The molecule has 134 valence electrons. The molecule has 0 saturated heterocycles. The van der Waals surface area contributed by atoms with E-state index in [0.717, 1.165) is 37.7 Å². The number of halogens is 1. The minimum atomic E-state index is -0.395. The van der Waals surface area contributed by atoms with Crippen molar-refractivity contribution in [3.8, 4) is 11.4 Å². The fourth-order valence-corrected chi connectivity index (χ4v) is 3.72. The number of carbonyl (C=O) groups is 1. The summed E-state index contributed by atoms with van der Waals surface area (Å²) in [5.74, 6) is -0.395. The molecular formula is C22H13BrN4O. The Morgan fingerprint density at radius 2 is 1.71 bits per heavy atom. The number of H-pyrrole nitrogens is 1. The maximum absolute atomic E-state index is 12.5. The zero-order valence-electron chi connectivity index (χ0n) is 14.6. The van der Waals surface area contributed by atoms with Crippen molar-refractivity contribution < 1.29 is 4.79 Å². The summed E-state index contributed by atoms with van der Waals surface area (Å²) in [5, 5.41) is 10.2. The predicted molar refractivity (Wildman–Crippen MR) is 113 cm³/mol. The van der Waals surface area contributed by atoms with Crippen molar-refractivity contribution in [3.63, 3.8) is 0 Å². The third-order valence-electron chi connectivity index (χ3n) is 4.62. The Balaban J connectivity index is 1.69. The van der Waals surface area contributed by atoms with Gasteiger partial charge in [0.05, 0.1) is 22.4 Å². The van der Waals surface area contributed by atoms with E-state index in [1.165, 1.54) is 0 Å². The molecule has 0 atom stereocenters. The first-order valence-electron chi connectivity index (χ1n) is 8.71. The van der Waals surface area contributed by atoms with Crippen molar-refractivity contribution in [3.05, 3.63) is 82.8 Å². The van der Waals surface area contributed by atoms with Crippen LogP contribution in [-0.2, 0) is 0 Å². The molecule has 0 aromatic heterocycles. The summed E-state index contributed by atoms with van der Waals surface area (Å²) in [5.41, 5.74) is 4.46. The lowest BCUT2D eigenvalue weighted by Crippen LogP contribution is -1.93. The first kappa shape index (κ1) is 16.8. The maximum Gasteiger partial charge on any atom is 0.295 e. The van der Waals surface area contributed by atoms with Gasteiger partial charge in [0.15, 0.2) is 0 Å². The number of benzene rings is 3. The first-order chi connectivity index (χ1) is 13.7. The van der Waals surface area contributed by atoms with Gasteiger partial charge in [-0.1, -0.05) is 58.4 Å². The van der Waals surface area contributed by atoms with Gasteiger partial charge in [-0.2, -0.15) is 0 Å². The highest BCUT2D eigenvalue weighted by atomic mass is 79.9. The van der Waals surface area contributed by atoms with E-state index < -0.39 is 5.91 Å². The van der Waals surface area contributed by atoms with Crippen LogP contribution in [0.15, 0.2) is 87.5 Å². The van der Waals surface area contributed by atoms with E-state index in [-0.39, 0.29) is 0 Å². The molecule has 5 rings (SSSR count). The minimum Gasteiger partial charge on any atom is -0.350 e. The van der Waals surface area contributed by atoms with Crippen LogP contribution in [0.1, 0.15) is 10.4 Å². The molecule has 1 N–H and O–H groups in total. The number of rotatable bonds is 2. The summed E-state index contributed by atoms with van der Waals surface area (Å²) in [4.78, 5) is 20.7. The van der Waals surface area contributed by atoms with Crippen LogP contribution >= 0.6 is 15.9 Å². The lowest BCUT2D eigenvalue weighted by Gasteiger charge is -2.04. The van der Waals surface area contributed by atoms with E-state index in [4.69, 9.17) is 4.98 Å². The van der Waals surface area contributed by atoms with Gasteiger partial charge in [-0.3, -0.25) is 4.79 Å². The normalized spacial score (nSPS) is 11.8. The molecule has 1 aliphatic heterocycles. The largest absolute Gasteiger partial charge is 0.350 e. The van der Waals surface area contributed by atoms with E-state index in [2.05, 4.69) is 31.1 Å². The number of hydrogen-bond donors (Lipinski definition) is 1. The molecule has 28 heavy (non-hydrogen) atoms. The van der Waals surface area contributed by atoms with Crippen LogP contribution in [-0.4, -0.2) is 15.9 Å². The van der Waals surface area contributed by atoms with Crippen molar-refractivity contribution in [2.45, 2.75) is 0 Å². The summed E-state index contributed by atoms with van der Waals surface area (Å²) in [6.45, 7) is 0.